The highest BCUT2D eigenvalue weighted by Crippen LogP contribution is 2.39. The Morgan fingerprint density at radius 1 is 1.21 bits per heavy atom. The molecule has 1 N–H and O–H groups in total. The molecule has 10 heteroatoms. The second-order valence-corrected chi connectivity index (χ2v) is 12.8. The van der Waals surface area contributed by atoms with Gasteiger partial charge in [0.2, 0.25) is 10.0 Å². The van der Waals surface area contributed by atoms with Crippen molar-refractivity contribution in [1.29, 1.82) is 0 Å². The van der Waals surface area contributed by atoms with Crippen molar-refractivity contribution in [2.24, 2.45) is 11.8 Å². The third-order valence-electron chi connectivity index (χ3n) is 7.90. The molecule has 0 radical (unpaired) electrons. The van der Waals surface area contributed by atoms with Crippen molar-refractivity contribution < 1.29 is 23.1 Å². The molecule has 1 aliphatic heterocycles. The van der Waals surface area contributed by atoms with E-state index in [1.165, 1.54) is 11.4 Å². The minimum Gasteiger partial charge on any atom is -0.480 e. The molecule has 1 aromatic heterocycles. The number of nitrogens with zero attached hydrogens (tertiary/aromatic N) is 4. The number of ether oxygens (including phenoxy) is 1. The van der Waals surface area contributed by atoms with E-state index in [0.29, 0.717) is 49.7 Å². The lowest BCUT2D eigenvalue weighted by molar-refractivity contribution is -0.145. The van der Waals surface area contributed by atoms with Crippen molar-refractivity contribution in [3.05, 3.63) is 53.6 Å². The largest absolute Gasteiger partial charge is 0.480 e. The number of carbonyl (C=O) groups is 1. The SMILES string of the molecule is COCCN(C[C@H]1C[C@@H]1C)c1cc(CN2CCC[C@@H](c3ccccc3)[C@H]2C(=O)O)cc(N(C)S(C)(=O)=O)n1. The molecule has 2 aromatic rings. The van der Waals surface area contributed by atoms with Crippen LogP contribution in [0.3, 0.4) is 0 Å². The predicted molar refractivity (Wildman–Crippen MR) is 149 cm³/mol. The number of pyridine rings is 1. The number of sulfonamides is 1. The smallest absolute Gasteiger partial charge is 0.321 e. The Bertz CT molecular complexity index is 1210. The first kappa shape index (κ1) is 28.3. The molecule has 1 saturated heterocycles. The summed E-state index contributed by atoms with van der Waals surface area (Å²) in [5.74, 6) is 1.28. The van der Waals surface area contributed by atoms with Gasteiger partial charge in [-0.25, -0.2) is 13.4 Å². The minimum absolute atomic E-state index is 0.114. The molecule has 0 spiro atoms. The van der Waals surface area contributed by atoms with Crippen LogP contribution >= 0.6 is 0 Å². The van der Waals surface area contributed by atoms with Gasteiger partial charge in [0.25, 0.3) is 0 Å². The van der Waals surface area contributed by atoms with Crippen molar-refractivity contribution in [2.45, 2.75) is 44.7 Å². The van der Waals surface area contributed by atoms with Crippen LogP contribution in [0.15, 0.2) is 42.5 Å². The highest BCUT2D eigenvalue weighted by molar-refractivity contribution is 7.92. The van der Waals surface area contributed by atoms with Crippen LogP contribution in [0.25, 0.3) is 0 Å². The molecule has 4 rings (SSSR count). The molecule has 1 saturated carbocycles. The number of methoxy groups -OCH3 is 1. The van der Waals surface area contributed by atoms with Gasteiger partial charge in [-0.05, 0) is 60.9 Å². The molecule has 9 nitrogen and oxygen atoms in total. The quantitative estimate of drug-likeness (QED) is 0.434. The lowest BCUT2D eigenvalue weighted by Crippen LogP contribution is -2.48. The molecule has 38 heavy (non-hydrogen) atoms. The van der Waals surface area contributed by atoms with Crippen LogP contribution in [0.1, 0.15) is 43.2 Å². The van der Waals surface area contributed by atoms with Gasteiger partial charge in [0.1, 0.15) is 17.7 Å². The Labute approximate surface area is 226 Å². The number of hydrogen-bond acceptors (Lipinski definition) is 7. The average molecular weight is 545 g/mol. The molecule has 0 bridgehead atoms. The number of anilines is 2. The molecule has 2 fully saturated rings. The number of aliphatic carboxylic acids is 1. The molecule has 1 aromatic carbocycles. The molecule has 4 atom stereocenters. The maximum Gasteiger partial charge on any atom is 0.321 e. The molecule has 1 aliphatic carbocycles. The van der Waals surface area contributed by atoms with Gasteiger partial charge in [0.05, 0.1) is 12.9 Å². The Kier molecular flexibility index (Phi) is 8.95. The van der Waals surface area contributed by atoms with E-state index in [1.54, 1.807) is 13.2 Å². The summed E-state index contributed by atoms with van der Waals surface area (Å²) < 4.78 is 31.4. The van der Waals surface area contributed by atoms with E-state index in [9.17, 15) is 18.3 Å². The van der Waals surface area contributed by atoms with E-state index in [4.69, 9.17) is 9.72 Å². The monoisotopic (exact) mass is 544 g/mol. The number of aromatic nitrogens is 1. The number of rotatable bonds is 12. The molecule has 0 amide bonds. The zero-order chi connectivity index (χ0) is 27.4. The predicted octanol–water partition coefficient (Wildman–Crippen LogP) is 3.42. The van der Waals surface area contributed by atoms with Crippen LogP contribution in [0.5, 0.6) is 0 Å². The number of carboxylic acid groups (broad SMARTS) is 1. The van der Waals surface area contributed by atoms with Crippen LogP contribution in [0.2, 0.25) is 0 Å². The van der Waals surface area contributed by atoms with Gasteiger partial charge in [-0.2, -0.15) is 0 Å². The van der Waals surface area contributed by atoms with Crippen molar-refractivity contribution in [3.63, 3.8) is 0 Å². The number of benzene rings is 1. The maximum absolute atomic E-state index is 12.5. The summed E-state index contributed by atoms with van der Waals surface area (Å²) in [5.41, 5.74) is 1.87. The van der Waals surface area contributed by atoms with E-state index in [2.05, 4.69) is 11.8 Å². The summed E-state index contributed by atoms with van der Waals surface area (Å²) in [6.07, 6.45) is 4.02. The Morgan fingerprint density at radius 2 is 1.89 bits per heavy atom. The first-order valence-electron chi connectivity index (χ1n) is 13.3. The Morgan fingerprint density at radius 3 is 2.50 bits per heavy atom. The van der Waals surface area contributed by atoms with Crippen LogP contribution in [0.4, 0.5) is 11.6 Å². The molecule has 2 aliphatic rings. The maximum atomic E-state index is 12.5. The zero-order valence-corrected chi connectivity index (χ0v) is 23.6. The zero-order valence-electron chi connectivity index (χ0n) is 22.8. The van der Waals surface area contributed by atoms with Crippen LogP contribution in [-0.2, 0) is 26.1 Å². The van der Waals surface area contributed by atoms with E-state index >= 15 is 0 Å². The highest BCUT2D eigenvalue weighted by Gasteiger charge is 2.38. The van der Waals surface area contributed by atoms with Gasteiger partial charge >= 0.3 is 5.97 Å². The fourth-order valence-corrected chi connectivity index (χ4v) is 5.87. The summed E-state index contributed by atoms with van der Waals surface area (Å²) in [7, 11) is -0.371. The van der Waals surface area contributed by atoms with Gasteiger partial charge in [-0.15, -0.1) is 0 Å². The van der Waals surface area contributed by atoms with Crippen molar-refractivity contribution >= 4 is 27.6 Å². The van der Waals surface area contributed by atoms with E-state index in [0.717, 1.165) is 43.2 Å². The average Bonchev–Trinajstić information content (AvgIpc) is 3.59. The van der Waals surface area contributed by atoms with Crippen molar-refractivity contribution in [3.8, 4) is 0 Å². The van der Waals surface area contributed by atoms with Gasteiger partial charge in [-0.3, -0.25) is 14.0 Å². The fourth-order valence-electron chi connectivity index (χ4n) is 5.43. The van der Waals surface area contributed by atoms with Crippen LogP contribution < -0.4 is 9.21 Å². The fraction of sp³-hybridized carbons (Fsp3) is 0.571. The lowest BCUT2D eigenvalue weighted by atomic mass is 9.83. The summed E-state index contributed by atoms with van der Waals surface area (Å²) in [5, 5.41) is 10.3. The second kappa shape index (κ2) is 12.0. The van der Waals surface area contributed by atoms with E-state index in [1.807, 2.05) is 41.3 Å². The van der Waals surface area contributed by atoms with Crippen LogP contribution in [0, 0.1) is 11.8 Å². The minimum atomic E-state index is -3.53. The molecular formula is C28H40N4O5S. The first-order chi connectivity index (χ1) is 18.1. The summed E-state index contributed by atoms with van der Waals surface area (Å²) in [4.78, 5) is 21.5. The van der Waals surface area contributed by atoms with E-state index in [-0.39, 0.29) is 5.92 Å². The number of likely N-dealkylation sites (tertiary alicyclic amines) is 1. The first-order valence-corrected chi connectivity index (χ1v) is 15.1. The lowest BCUT2D eigenvalue weighted by Gasteiger charge is -2.39. The summed E-state index contributed by atoms with van der Waals surface area (Å²) >= 11 is 0. The second-order valence-electron chi connectivity index (χ2n) is 10.7. The number of hydrogen-bond donors (Lipinski definition) is 1. The standard InChI is InChI=1S/C28H40N4O5S/c1-20-15-23(20)19-31(13-14-37-3)26-17-21(16-25(29-26)30(2)38(4,35)36)18-32-12-8-11-24(27(32)28(33)34)22-9-6-5-7-10-22/h5-7,9-10,16-17,20,23-24,27H,8,11-15,18-19H2,1-4H3,(H,33,34)/t20-,23+,24-,27-/m0/s1. The van der Waals surface area contributed by atoms with Gasteiger partial charge in [-0.1, -0.05) is 37.3 Å². The normalized spacial score (nSPS) is 23.7. The Balaban J connectivity index is 1.69. The summed E-state index contributed by atoms with van der Waals surface area (Å²) in [6.45, 7) is 5.25. The highest BCUT2D eigenvalue weighted by atomic mass is 32.2. The van der Waals surface area contributed by atoms with Crippen LogP contribution in [-0.4, -0.2) is 82.1 Å². The molecule has 0 unspecified atom stereocenters. The topological polar surface area (TPSA) is 103 Å². The molecule has 2 heterocycles. The van der Waals surface area contributed by atoms with Gasteiger partial charge in [0, 0.05) is 39.7 Å². The Hall–Kier alpha value is -2.69. The molecular weight excluding hydrogens is 504 g/mol. The number of carboxylic acids is 1. The third kappa shape index (κ3) is 6.84. The third-order valence-corrected chi connectivity index (χ3v) is 9.08. The van der Waals surface area contributed by atoms with Gasteiger partial charge in [0.15, 0.2) is 0 Å². The molecule has 208 valence electrons. The van der Waals surface area contributed by atoms with Gasteiger partial charge < -0.3 is 14.7 Å². The van der Waals surface area contributed by atoms with Crippen molar-refractivity contribution in [2.75, 3.05) is 55.9 Å². The van der Waals surface area contributed by atoms with Crippen molar-refractivity contribution in [1.82, 2.24) is 9.88 Å². The summed E-state index contributed by atoms with van der Waals surface area (Å²) in [6, 6.07) is 12.9. The van der Waals surface area contributed by atoms with E-state index < -0.39 is 22.0 Å². The number of piperidine rings is 1.